The molecule has 3 aromatic carbocycles. The quantitative estimate of drug-likeness (QED) is 0.690. The first kappa shape index (κ1) is 3.73. The van der Waals surface area contributed by atoms with Crippen LogP contribution in [0.2, 0.25) is 0 Å². The van der Waals surface area contributed by atoms with E-state index in [2.05, 4.69) is 5.32 Å². The minimum atomic E-state index is -0.732. The zero-order valence-electron chi connectivity index (χ0n) is 23.5. The minimum absolute atomic E-state index is 0.461. The van der Waals surface area contributed by atoms with Gasteiger partial charge in [0.1, 0.15) is 0 Å². The van der Waals surface area contributed by atoms with Crippen LogP contribution in [-0.2, 0) is 0 Å². The van der Waals surface area contributed by atoms with Crippen molar-refractivity contribution in [1.82, 2.24) is 0 Å². The summed E-state index contributed by atoms with van der Waals surface area (Å²) >= 11 is 0. The van der Waals surface area contributed by atoms with Gasteiger partial charge in [-0.25, -0.2) is 0 Å². The molecule has 1 heteroatoms. The zero-order valence-corrected chi connectivity index (χ0v) is 9.50. The van der Waals surface area contributed by atoms with Gasteiger partial charge in [0, 0.05) is 11.4 Å². The van der Waals surface area contributed by atoms with Crippen LogP contribution >= 0.6 is 0 Å². The Morgan fingerprint density at radius 3 is 1.63 bits per heavy atom. The number of hydrogen-bond donors (Lipinski definition) is 1. The number of hydrogen-bond acceptors (Lipinski definition) is 1. The van der Waals surface area contributed by atoms with Gasteiger partial charge in [0.05, 0.1) is 19.2 Å². The van der Waals surface area contributed by atoms with Crippen molar-refractivity contribution in [1.29, 1.82) is 0 Å². The van der Waals surface area contributed by atoms with Crippen molar-refractivity contribution in [2.45, 2.75) is 0 Å². The van der Waals surface area contributed by atoms with E-state index in [-0.39, 0.29) is 0 Å². The third kappa shape index (κ3) is 2.83. The van der Waals surface area contributed by atoms with Crippen molar-refractivity contribution in [2.75, 3.05) is 5.32 Å². The third-order valence-corrected chi connectivity index (χ3v) is 2.12. The normalized spacial score (nSPS) is 20.4. The largest absolute Gasteiger partial charge is 0.356 e. The highest BCUT2D eigenvalue weighted by atomic mass is 14.9. The SMILES string of the molecule is [2H]c1c([2H])c([2H])c(Nc2c([2H])c([2H])c(-c3c([2H])c([2H])c([2H])c([2H])c3[2H])c([2H])c2[2H])c([2H])c1[2H]. The van der Waals surface area contributed by atoms with Crippen LogP contribution in [0.15, 0.2) is 84.6 Å². The summed E-state index contributed by atoms with van der Waals surface area (Å²) < 4.78 is 112. The molecule has 0 spiro atoms. The van der Waals surface area contributed by atoms with Gasteiger partial charge in [-0.15, -0.1) is 0 Å². The van der Waals surface area contributed by atoms with Gasteiger partial charge in [-0.3, -0.25) is 0 Å². The van der Waals surface area contributed by atoms with Gasteiger partial charge < -0.3 is 5.32 Å². The third-order valence-electron chi connectivity index (χ3n) is 2.12. The lowest BCUT2D eigenvalue weighted by molar-refractivity contribution is 1.54. The maximum absolute atomic E-state index is 8.33. The number of para-hydroxylation sites is 1. The first-order valence-electron chi connectivity index (χ1n) is 12.2. The lowest BCUT2D eigenvalue weighted by Gasteiger charge is -2.07. The zero-order chi connectivity index (χ0) is 25.1. The Kier molecular flexibility index (Phi) is 1.06. The smallest absolute Gasteiger partial charge is 0.0645 e. The van der Waals surface area contributed by atoms with Crippen LogP contribution in [0.25, 0.3) is 11.1 Å². The molecule has 92 valence electrons. The van der Waals surface area contributed by atoms with Gasteiger partial charge in [-0.2, -0.15) is 0 Å². The van der Waals surface area contributed by atoms with Crippen LogP contribution in [0.1, 0.15) is 19.2 Å². The molecule has 0 radical (unpaired) electrons. The lowest BCUT2D eigenvalue weighted by atomic mass is 10.1. The Morgan fingerprint density at radius 1 is 0.526 bits per heavy atom. The fourth-order valence-corrected chi connectivity index (χ4v) is 1.31. The summed E-state index contributed by atoms with van der Waals surface area (Å²) in [7, 11) is 0. The molecule has 0 aromatic heterocycles. The van der Waals surface area contributed by atoms with Crippen molar-refractivity contribution in [3.8, 4) is 11.1 Å². The van der Waals surface area contributed by atoms with Crippen molar-refractivity contribution in [3.63, 3.8) is 0 Å². The Morgan fingerprint density at radius 2 is 1.00 bits per heavy atom. The van der Waals surface area contributed by atoms with Gasteiger partial charge in [0.15, 0.2) is 0 Å². The molecule has 19 heavy (non-hydrogen) atoms. The van der Waals surface area contributed by atoms with E-state index in [1.54, 1.807) is 0 Å². The second kappa shape index (κ2) is 5.40. The average molecular weight is 259 g/mol. The van der Waals surface area contributed by atoms with Crippen molar-refractivity contribution in [2.24, 2.45) is 0 Å². The summed E-state index contributed by atoms with van der Waals surface area (Å²) in [4.78, 5) is 0. The fraction of sp³-hybridized carbons (Fsp3) is 0. The summed E-state index contributed by atoms with van der Waals surface area (Å²) in [5, 5.41) is 2.40. The van der Waals surface area contributed by atoms with Crippen molar-refractivity contribution < 1.29 is 19.2 Å². The van der Waals surface area contributed by atoms with E-state index < -0.39 is 107 Å². The molecular weight excluding hydrogens is 230 g/mol. The molecular formula is C18H15N. The highest BCUT2D eigenvalue weighted by molar-refractivity contribution is 5.68. The molecule has 3 rings (SSSR count). The minimum Gasteiger partial charge on any atom is -0.356 e. The molecule has 0 atom stereocenters. The van der Waals surface area contributed by atoms with E-state index in [4.69, 9.17) is 19.2 Å². The molecule has 0 saturated carbocycles. The summed E-state index contributed by atoms with van der Waals surface area (Å²) in [5.41, 5.74) is -1.99. The van der Waals surface area contributed by atoms with Crippen molar-refractivity contribution in [3.05, 3.63) is 84.6 Å². The molecule has 0 aliphatic carbocycles. The summed E-state index contributed by atoms with van der Waals surface area (Å²) in [6, 6.07) is -9.65. The van der Waals surface area contributed by atoms with Crippen LogP contribution in [0, 0.1) is 0 Å². The molecule has 0 amide bonds. The second-order valence-corrected chi connectivity index (χ2v) is 3.38. The molecule has 0 saturated heterocycles. The summed E-state index contributed by atoms with van der Waals surface area (Å²) in [5.74, 6) is 0. The predicted octanol–water partition coefficient (Wildman–Crippen LogP) is 5.10. The number of benzene rings is 3. The monoisotopic (exact) mass is 259 g/mol. The lowest BCUT2D eigenvalue weighted by Crippen LogP contribution is -1.89. The van der Waals surface area contributed by atoms with Crippen LogP contribution in [0.4, 0.5) is 11.4 Å². The molecule has 1 nitrogen and oxygen atoms in total. The molecule has 1 N–H and O–H groups in total. The molecule has 0 fully saturated rings. The van der Waals surface area contributed by atoms with Crippen LogP contribution in [-0.4, -0.2) is 0 Å². The van der Waals surface area contributed by atoms with E-state index in [1.165, 1.54) is 0 Å². The predicted molar refractivity (Wildman–Crippen MR) is 81.6 cm³/mol. The Balaban J connectivity index is 2.32. The van der Waals surface area contributed by atoms with E-state index in [0.717, 1.165) is 0 Å². The van der Waals surface area contributed by atoms with Gasteiger partial charge in [-0.1, -0.05) is 60.4 Å². The van der Waals surface area contributed by atoms with Crippen molar-refractivity contribution >= 4 is 11.4 Å². The van der Waals surface area contributed by atoms with Gasteiger partial charge in [-0.05, 0) is 35.3 Å². The first-order valence-corrected chi connectivity index (χ1v) is 5.25. The maximum atomic E-state index is 8.33. The van der Waals surface area contributed by atoms with Crippen LogP contribution in [0.3, 0.4) is 0 Å². The first-order chi connectivity index (χ1) is 15.2. The highest BCUT2D eigenvalue weighted by Crippen LogP contribution is 2.22. The molecule has 3 aromatic rings. The Bertz CT molecular complexity index is 1250. The Labute approximate surface area is 133 Å². The number of rotatable bonds is 3. The highest BCUT2D eigenvalue weighted by Gasteiger charge is 1.97. The molecule has 0 aliphatic rings. The van der Waals surface area contributed by atoms with E-state index >= 15 is 0 Å². The topological polar surface area (TPSA) is 12.0 Å². The van der Waals surface area contributed by atoms with Gasteiger partial charge in [0.25, 0.3) is 0 Å². The van der Waals surface area contributed by atoms with E-state index in [0.29, 0.717) is 0 Å². The number of anilines is 2. The molecule has 0 aliphatic heterocycles. The van der Waals surface area contributed by atoms with Crippen LogP contribution in [0.5, 0.6) is 0 Å². The molecule has 0 bridgehead atoms. The van der Waals surface area contributed by atoms with Gasteiger partial charge >= 0.3 is 0 Å². The van der Waals surface area contributed by atoms with Gasteiger partial charge in [0.2, 0.25) is 0 Å². The standard InChI is InChI=1S/C18H15N/c1-3-7-15(8-4-1)16-11-13-18(14-12-16)19-17-9-5-2-6-10-17/h1-14,19H/i1D,2D,3D,4D,5D,6D,7D,8D,9D,10D,11D,12D,13D,14D. The molecule has 0 unspecified atom stereocenters. The number of nitrogens with one attached hydrogen (secondary N) is 1. The van der Waals surface area contributed by atoms with Crippen LogP contribution < -0.4 is 5.32 Å². The van der Waals surface area contributed by atoms with E-state index in [1.807, 2.05) is 0 Å². The molecule has 0 heterocycles. The maximum Gasteiger partial charge on any atom is 0.0645 e. The second-order valence-electron chi connectivity index (χ2n) is 3.38. The average Bonchev–Trinajstić information content (AvgIpc) is 2.79. The fourth-order valence-electron chi connectivity index (χ4n) is 1.31. The summed E-state index contributed by atoms with van der Waals surface area (Å²) in [6.45, 7) is 0. The van der Waals surface area contributed by atoms with E-state index in [9.17, 15) is 0 Å². The summed E-state index contributed by atoms with van der Waals surface area (Å²) in [6.07, 6.45) is 0. The Hall–Kier alpha value is -2.54.